The number of amides is 1. The van der Waals surface area contributed by atoms with Gasteiger partial charge >= 0.3 is 10.1 Å². The molecule has 0 spiro atoms. The normalized spacial score (nSPS) is 15.7. The summed E-state index contributed by atoms with van der Waals surface area (Å²) in [4.78, 5) is 27.0. The van der Waals surface area contributed by atoms with Gasteiger partial charge in [0, 0.05) is 12.1 Å². The van der Waals surface area contributed by atoms with Gasteiger partial charge in [0.1, 0.15) is 4.90 Å². The van der Waals surface area contributed by atoms with E-state index in [4.69, 9.17) is 8.92 Å². The van der Waals surface area contributed by atoms with Crippen LogP contribution < -0.4 is 14.2 Å². The Bertz CT molecular complexity index is 1450. The van der Waals surface area contributed by atoms with Crippen molar-refractivity contribution in [3.63, 3.8) is 0 Å². The Labute approximate surface area is 204 Å². The van der Waals surface area contributed by atoms with Gasteiger partial charge in [0.15, 0.2) is 16.7 Å². The lowest BCUT2D eigenvalue weighted by Crippen LogP contribution is -2.19. The molecule has 1 fully saturated rings. The van der Waals surface area contributed by atoms with Crippen LogP contribution in [0.25, 0.3) is 6.08 Å². The number of non-ortho nitro benzene ring substituents is 1. The summed E-state index contributed by atoms with van der Waals surface area (Å²) in [5.41, 5.74) is 1.03. The topological polar surface area (TPSA) is 137 Å². The molecule has 178 valence electrons. The molecular formula is C23H17N3O7S2. The zero-order valence-electron chi connectivity index (χ0n) is 18.1. The molecular weight excluding hydrogens is 494 g/mol. The highest BCUT2D eigenvalue weighted by Gasteiger charge is 2.24. The van der Waals surface area contributed by atoms with Crippen LogP contribution in [-0.2, 0) is 14.9 Å². The van der Waals surface area contributed by atoms with E-state index in [9.17, 15) is 23.3 Å². The van der Waals surface area contributed by atoms with Crippen LogP contribution in [-0.4, -0.2) is 31.5 Å². The monoisotopic (exact) mass is 511 g/mol. The fourth-order valence-corrected chi connectivity index (χ4v) is 4.78. The van der Waals surface area contributed by atoms with E-state index in [2.05, 4.69) is 10.3 Å². The maximum absolute atomic E-state index is 12.6. The van der Waals surface area contributed by atoms with Gasteiger partial charge in [0.2, 0.25) is 0 Å². The third-order valence-electron chi connectivity index (χ3n) is 4.66. The third-order valence-corrected chi connectivity index (χ3v) is 6.82. The van der Waals surface area contributed by atoms with E-state index < -0.39 is 15.0 Å². The number of benzene rings is 3. The molecule has 0 radical (unpaired) electrons. The van der Waals surface area contributed by atoms with Gasteiger partial charge < -0.3 is 14.2 Å². The number of nitrogens with one attached hydrogen (secondary N) is 1. The van der Waals surface area contributed by atoms with E-state index >= 15 is 0 Å². The standard InChI is InChI=1S/C23H17N3O7S2/c1-32-20-13-15(14-21-22(27)25-23(34-21)24-16-5-3-2-4-6-16)7-12-19(20)33-35(30,31)18-10-8-17(9-11-18)26(28)29/h2-14H,1H3,(H,24,25,27)/b21-14-. The molecule has 3 aromatic rings. The van der Waals surface area contributed by atoms with Crippen molar-refractivity contribution in [1.82, 2.24) is 5.32 Å². The van der Waals surface area contributed by atoms with E-state index in [0.29, 0.717) is 21.3 Å². The molecule has 1 aliphatic heterocycles. The molecule has 1 N–H and O–H groups in total. The quantitative estimate of drug-likeness (QED) is 0.215. The predicted molar refractivity (Wildman–Crippen MR) is 131 cm³/mol. The van der Waals surface area contributed by atoms with Gasteiger partial charge in [-0.2, -0.15) is 8.42 Å². The molecule has 1 aliphatic rings. The molecule has 3 aromatic carbocycles. The second-order valence-electron chi connectivity index (χ2n) is 7.02. The summed E-state index contributed by atoms with van der Waals surface area (Å²) >= 11 is 1.17. The van der Waals surface area contributed by atoms with Crippen molar-refractivity contribution in [2.45, 2.75) is 4.90 Å². The third kappa shape index (κ3) is 5.67. The number of rotatable bonds is 7. The summed E-state index contributed by atoms with van der Waals surface area (Å²) < 4.78 is 35.7. The number of carbonyl (C=O) groups excluding carboxylic acids is 1. The number of hydrogen-bond acceptors (Lipinski definition) is 9. The zero-order valence-corrected chi connectivity index (χ0v) is 19.7. The van der Waals surface area contributed by atoms with Crippen LogP contribution in [0.4, 0.5) is 11.4 Å². The molecule has 0 bridgehead atoms. The lowest BCUT2D eigenvalue weighted by atomic mass is 10.2. The van der Waals surface area contributed by atoms with Gasteiger partial charge in [0.25, 0.3) is 11.6 Å². The second kappa shape index (κ2) is 9.99. The minimum atomic E-state index is -4.27. The van der Waals surface area contributed by atoms with E-state index in [1.54, 1.807) is 12.1 Å². The fourth-order valence-electron chi connectivity index (χ4n) is 3.00. The Morgan fingerprint density at radius 2 is 1.74 bits per heavy atom. The Kier molecular flexibility index (Phi) is 6.85. The van der Waals surface area contributed by atoms with Crippen molar-refractivity contribution in [2.24, 2.45) is 4.99 Å². The van der Waals surface area contributed by atoms with Crippen molar-refractivity contribution in [3.8, 4) is 11.5 Å². The molecule has 1 saturated heterocycles. The van der Waals surface area contributed by atoms with Crippen molar-refractivity contribution in [3.05, 3.63) is 93.4 Å². The van der Waals surface area contributed by atoms with Crippen LogP contribution in [0, 0.1) is 10.1 Å². The van der Waals surface area contributed by atoms with Crippen molar-refractivity contribution < 1.29 is 27.1 Å². The number of thioether (sulfide) groups is 1. The Morgan fingerprint density at radius 3 is 2.40 bits per heavy atom. The number of nitro benzene ring substituents is 1. The number of hydrogen-bond donors (Lipinski definition) is 1. The lowest BCUT2D eigenvalue weighted by Gasteiger charge is -2.11. The Morgan fingerprint density at radius 1 is 1.03 bits per heavy atom. The number of aliphatic imine (C=N–C) groups is 1. The van der Waals surface area contributed by atoms with Crippen LogP contribution in [0.5, 0.6) is 11.5 Å². The molecule has 4 rings (SSSR count). The van der Waals surface area contributed by atoms with Crippen LogP contribution in [0.3, 0.4) is 0 Å². The Hall–Kier alpha value is -4.16. The molecule has 1 heterocycles. The number of ether oxygens (including phenoxy) is 1. The lowest BCUT2D eigenvalue weighted by molar-refractivity contribution is -0.384. The number of methoxy groups -OCH3 is 1. The average molecular weight is 512 g/mol. The number of nitro groups is 1. The van der Waals surface area contributed by atoms with E-state index in [-0.39, 0.29) is 28.0 Å². The fraction of sp³-hybridized carbons (Fsp3) is 0.0435. The van der Waals surface area contributed by atoms with Crippen LogP contribution in [0.1, 0.15) is 5.56 Å². The highest BCUT2D eigenvalue weighted by atomic mass is 32.2. The number of carbonyl (C=O) groups is 1. The molecule has 0 aromatic heterocycles. The first-order valence-corrected chi connectivity index (χ1v) is 12.2. The summed E-state index contributed by atoms with van der Waals surface area (Å²) in [5.74, 6) is -0.279. The van der Waals surface area contributed by atoms with Gasteiger partial charge in [0.05, 0.1) is 22.6 Å². The smallest absolute Gasteiger partial charge is 0.339 e. The van der Waals surface area contributed by atoms with Crippen LogP contribution in [0.2, 0.25) is 0 Å². The summed E-state index contributed by atoms with van der Waals surface area (Å²) in [6, 6.07) is 18.0. The molecule has 0 unspecified atom stereocenters. The first-order valence-electron chi connectivity index (χ1n) is 9.97. The number of nitrogens with zero attached hydrogens (tertiary/aromatic N) is 2. The number of amidine groups is 1. The molecule has 0 aliphatic carbocycles. The van der Waals surface area contributed by atoms with Gasteiger partial charge in [-0.05, 0) is 59.8 Å². The van der Waals surface area contributed by atoms with Crippen molar-refractivity contribution in [2.75, 3.05) is 7.11 Å². The number of para-hydroxylation sites is 1. The molecule has 0 atom stereocenters. The highest BCUT2D eigenvalue weighted by molar-refractivity contribution is 8.18. The molecule has 10 nitrogen and oxygen atoms in total. The van der Waals surface area contributed by atoms with E-state index in [1.165, 1.54) is 31.0 Å². The minimum absolute atomic E-state index is 0.0807. The van der Waals surface area contributed by atoms with Crippen LogP contribution >= 0.6 is 11.8 Å². The Balaban J connectivity index is 1.54. The van der Waals surface area contributed by atoms with Gasteiger partial charge in [-0.15, -0.1) is 0 Å². The predicted octanol–water partition coefficient (Wildman–Crippen LogP) is 4.26. The van der Waals surface area contributed by atoms with Crippen LogP contribution in [0.15, 0.2) is 87.6 Å². The first kappa shape index (κ1) is 24.0. The second-order valence-corrected chi connectivity index (χ2v) is 9.59. The minimum Gasteiger partial charge on any atom is -0.493 e. The molecule has 12 heteroatoms. The van der Waals surface area contributed by atoms with E-state index in [0.717, 1.165) is 24.3 Å². The largest absolute Gasteiger partial charge is 0.493 e. The van der Waals surface area contributed by atoms with Gasteiger partial charge in [-0.25, -0.2) is 4.99 Å². The first-order chi connectivity index (χ1) is 16.7. The summed E-state index contributed by atoms with van der Waals surface area (Å²) in [6.07, 6.45) is 1.62. The molecule has 0 saturated carbocycles. The molecule has 1 amide bonds. The van der Waals surface area contributed by atoms with E-state index in [1.807, 2.05) is 30.3 Å². The zero-order chi connectivity index (χ0) is 25.0. The van der Waals surface area contributed by atoms with Crippen molar-refractivity contribution in [1.29, 1.82) is 0 Å². The summed E-state index contributed by atoms with van der Waals surface area (Å²) in [6.45, 7) is 0. The maximum Gasteiger partial charge on any atom is 0.339 e. The highest BCUT2D eigenvalue weighted by Crippen LogP contribution is 2.34. The van der Waals surface area contributed by atoms with Crippen molar-refractivity contribution >= 4 is 50.4 Å². The summed E-state index contributed by atoms with van der Waals surface area (Å²) in [5, 5.41) is 13.9. The SMILES string of the molecule is COc1cc(/C=C2\SC(=Nc3ccccc3)NC2=O)ccc1OS(=O)(=O)c1ccc([N+](=O)[O-])cc1. The molecule has 35 heavy (non-hydrogen) atoms. The van der Waals surface area contributed by atoms with Gasteiger partial charge in [-0.3, -0.25) is 14.9 Å². The maximum atomic E-state index is 12.6. The average Bonchev–Trinajstić information content (AvgIpc) is 3.18. The summed E-state index contributed by atoms with van der Waals surface area (Å²) in [7, 11) is -2.92. The van der Waals surface area contributed by atoms with Gasteiger partial charge in [-0.1, -0.05) is 24.3 Å².